The lowest BCUT2D eigenvalue weighted by molar-refractivity contribution is 0.0696. The molecule has 0 saturated heterocycles. The molecule has 0 aliphatic carbocycles. The van der Waals surface area contributed by atoms with Crippen molar-refractivity contribution in [1.82, 2.24) is 0 Å². The molecular formula is C12H16O4. The summed E-state index contributed by atoms with van der Waals surface area (Å²) < 4.78 is 5.48. The number of aromatic carboxylic acids is 1. The van der Waals surface area contributed by atoms with Crippen molar-refractivity contribution in [1.29, 1.82) is 0 Å². The largest absolute Gasteiger partial charge is 0.504 e. The molecule has 0 aliphatic rings. The Kier molecular flexibility index (Phi) is 4.17. The van der Waals surface area contributed by atoms with Crippen LogP contribution >= 0.6 is 0 Å². The molecule has 1 aromatic rings. The van der Waals surface area contributed by atoms with Crippen molar-refractivity contribution in [3.63, 3.8) is 0 Å². The van der Waals surface area contributed by atoms with Gasteiger partial charge in [-0.2, -0.15) is 0 Å². The molecule has 1 atom stereocenters. The predicted octanol–water partition coefficient (Wildman–Crippen LogP) is 2.66. The van der Waals surface area contributed by atoms with Gasteiger partial charge in [-0.05, 0) is 31.5 Å². The lowest BCUT2D eigenvalue weighted by Gasteiger charge is -2.14. The third-order valence-electron chi connectivity index (χ3n) is 2.23. The Morgan fingerprint density at radius 1 is 1.50 bits per heavy atom. The summed E-state index contributed by atoms with van der Waals surface area (Å²) in [4.78, 5) is 10.6. The Hall–Kier alpha value is -1.71. The highest BCUT2D eigenvalue weighted by atomic mass is 16.5. The van der Waals surface area contributed by atoms with Crippen molar-refractivity contribution in [2.75, 3.05) is 0 Å². The molecule has 2 N–H and O–H groups in total. The summed E-state index contributed by atoms with van der Waals surface area (Å²) in [6.45, 7) is 3.96. The molecule has 0 amide bonds. The topological polar surface area (TPSA) is 66.8 Å². The van der Waals surface area contributed by atoms with E-state index < -0.39 is 5.97 Å². The van der Waals surface area contributed by atoms with Gasteiger partial charge in [-0.1, -0.05) is 13.3 Å². The molecule has 0 spiro atoms. The molecular weight excluding hydrogens is 208 g/mol. The smallest absolute Gasteiger partial charge is 0.335 e. The highest BCUT2D eigenvalue weighted by molar-refractivity contribution is 5.88. The van der Waals surface area contributed by atoms with Crippen molar-refractivity contribution in [2.24, 2.45) is 0 Å². The van der Waals surface area contributed by atoms with Crippen LogP contribution in [0.5, 0.6) is 11.5 Å². The van der Waals surface area contributed by atoms with E-state index in [1.54, 1.807) is 0 Å². The molecule has 0 saturated carbocycles. The first kappa shape index (κ1) is 12.4. The van der Waals surface area contributed by atoms with Gasteiger partial charge in [0, 0.05) is 0 Å². The number of hydrogen-bond donors (Lipinski definition) is 2. The normalized spacial score (nSPS) is 12.1. The van der Waals surface area contributed by atoms with Gasteiger partial charge in [-0.15, -0.1) is 0 Å². The lowest BCUT2D eigenvalue weighted by Crippen LogP contribution is -2.11. The fourth-order valence-corrected chi connectivity index (χ4v) is 1.43. The molecule has 1 unspecified atom stereocenters. The van der Waals surface area contributed by atoms with Gasteiger partial charge in [0.05, 0.1) is 11.7 Å². The highest BCUT2D eigenvalue weighted by Gasteiger charge is 2.10. The van der Waals surface area contributed by atoms with E-state index in [4.69, 9.17) is 9.84 Å². The Morgan fingerprint density at radius 2 is 2.19 bits per heavy atom. The van der Waals surface area contributed by atoms with E-state index >= 15 is 0 Å². The molecule has 88 valence electrons. The van der Waals surface area contributed by atoms with Crippen molar-refractivity contribution < 1.29 is 19.7 Å². The average Bonchev–Trinajstić information content (AvgIpc) is 2.21. The first-order valence-corrected chi connectivity index (χ1v) is 5.27. The molecule has 0 fully saturated rings. The van der Waals surface area contributed by atoms with E-state index in [0.29, 0.717) is 5.75 Å². The molecule has 0 aliphatic heterocycles. The number of phenols is 1. The van der Waals surface area contributed by atoms with Crippen LogP contribution in [-0.4, -0.2) is 22.3 Å². The van der Waals surface area contributed by atoms with Crippen LogP contribution in [0.4, 0.5) is 0 Å². The summed E-state index contributed by atoms with van der Waals surface area (Å²) in [5, 5.41) is 18.3. The maximum Gasteiger partial charge on any atom is 0.335 e. The molecule has 0 heterocycles. The number of aromatic hydroxyl groups is 1. The monoisotopic (exact) mass is 224 g/mol. The van der Waals surface area contributed by atoms with Crippen LogP contribution in [-0.2, 0) is 0 Å². The van der Waals surface area contributed by atoms with E-state index in [9.17, 15) is 9.90 Å². The van der Waals surface area contributed by atoms with Gasteiger partial charge in [0.2, 0.25) is 0 Å². The molecule has 0 bridgehead atoms. The molecule has 0 aromatic heterocycles. The van der Waals surface area contributed by atoms with E-state index in [-0.39, 0.29) is 17.4 Å². The van der Waals surface area contributed by atoms with Crippen LogP contribution in [0, 0.1) is 0 Å². The molecule has 16 heavy (non-hydrogen) atoms. The number of carbonyl (C=O) groups is 1. The standard InChI is InChI=1S/C12H16O4/c1-3-4-8(2)16-11-6-5-9(12(14)15)7-10(11)13/h5-8,13H,3-4H2,1-2H3,(H,14,15). The summed E-state index contributed by atoms with van der Waals surface area (Å²) in [5.74, 6) is -0.878. The number of benzene rings is 1. The van der Waals surface area contributed by atoms with Gasteiger partial charge >= 0.3 is 5.97 Å². The Labute approximate surface area is 94.5 Å². The highest BCUT2D eigenvalue weighted by Crippen LogP contribution is 2.28. The van der Waals surface area contributed by atoms with E-state index in [0.717, 1.165) is 12.8 Å². The number of carboxylic acid groups (broad SMARTS) is 1. The molecule has 4 heteroatoms. The average molecular weight is 224 g/mol. The Morgan fingerprint density at radius 3 is 2.69 bits per heavy atom. The minimum absolute atomic E-state index is 0.00609. The van der Waals surface area contributed by atoms with Crippen LogP contribution in [0.1, 0.15) is 37.0 Å². The fraction of sp³-hybridized carbons (Fsp3) is 0.417. The van der Waals surface area contributed by atoms with Gasteiger partial charge in [0.1, 0.15) is 0 Å². The van der Waals surface area contributed by atoms with Crippen molar-refractivity contribution in [3.8, 4) is 11.5 Å². The summed E-state index contributed by atoms with van der Waals surface area (Å²) in [5.41, 5.74) is 0.0491. The minimum atomic E-state index is -1.07. The van der Waals surface area contributed by atoms with Crippen LogP contribution in [0.3, 0.4) is 0 Å². The van der Waals surface area contributed by atoms with Crippen molar-refractivity contribution in [3.05, 3.63) is 23.8 Å². The number of ether oxygens (including phenoxy) is 1. The molecule has 1 aromatic carbocycles. The minimum Gasteiger partial charge on any atom is -0.504 e. The summed E-state index contributed by atoms with van der Waals surface area (Å²) >= 11 is 0. The predicted molar refractivity (Wildman–Crippen MR) is 60.1 cm³/mol. The zero-order valence-electron chi connectivity index (χ0n) is 9.43. The number of carboxylic acids is 1. The summed E-state index contributed by atoms with van der Waals surface area (Å²) in [6, 6.07) is 4.08. The van der Waals surface area contributed by atoms with Crippen LogP contribution in [0.2, 0.25) is 0 Å². The third-order valence-corrected chi connectivity index (χ3v) is 2.23. The maximum atomic E-state index is 10.6. The maximum absolute atomic E-state index is 10.6. The van der Waals surface area contributed by atoms with Gasteiger partial charge in [-0.25, -0.2) is 4.79 Å². The third kappa shape index (κ3) is 3.15. The van der Waals surface area contributed by atoms with Crippen LogP contribution in [0.15, 0.2) is 18.2 Å². The van der Waals surface area contributed by atoms with Crippen molar-refractivity contribution in [2.45, 2.75) is 32.8 Å². The first-order chi connectivity index (χ1) is 7.54. The quantitative estimate of drug-likeness (QED) is 0.806. The number of rotatable bonds is 5. The second-order valence-electron chi connectivity index (χ2n) is 3.70. The van der Waals surface area contributed by atoms with Crippen molar-refractivity contribution >= 4 is 5.97 Å². The van der Waals surface area contributed by atoms with Gasteiger partial charge in [-0.3, -0.25) is 0 Å². The van der Waals surface area contributed by atoms with E-state index in [1.807, 2.05) is 13.8 Å². The summed E-state index contributed by atoms with van der Waals surface area (Å²) in [7, 11) is 0. The second-order valence-corrected chi connectivity index (χ2v) is 3.70. The number of hydrogen-bond acceptors (Lipinski definition) is 3. The van der Waals surface area contributed by atoms with Crippen LogP contribution in [0.25, 0.3) is 0 Å². The fourth-order valence-electron chi connectivity index (χ4n) is 1.43. The van der Waals surface area contributed by atoms with Gasteiger partial charge in [0.15, 0.2) is 11.5 Å². The molecule has 0 radical (unpaired) electrons. The SMILES string of the molecule is CCCC(C)Oc1ccc(C(=O)O)cc1O. The second kappa shape index (κ2) is 5.39. The molecule has 4 nitrogen and oxygen atoms in total. The summed E-state index contributed by atoms with van der Waals surface area (Å²) in [6.07, 6.45) is 1.89. The Bertz CT molecular complexity index is 373. The Balaban J connectivity index is 2.79. The van der Waals surface area contributed by atoms with E-state index in [2.05, 4.69) is 0 Å². The van der Waals surface area contributed by atoms with Gasteiger partial charge in [0.25, 0.3) is 0 Å². The number of phenolic OH excluding ortho intramolecular Hbond substituents is 1. The van der Waals surface area contributed by atoms with Crippen LogP contribution < -0.4 is 4.74 Å². The first-order valence-electron chi connectivity index (χ1n) is 5.27. The van der Waals surface area contributed by atoms with Gasteiger partial charge < -0.3 is 14.9 Å². The zero-order valence-corrected chi connectivity index (χ0v) is 9.43. The molecule has 1 rings (SSSR count). The zero-order chi connectivity index (χ0) is 12.1. The van der Waals surface area contributed by atoms with E-state index in [1.165, 1.54) is 18.2 Å². The lowest BCUT2D eigenvalue weighted by atomic mass is 10.2.